The van der Waals surface area contributed by atoms with E-state index in [1.54, 1.807) is 12.1 Å². The van der Waals surface area contributed by atoms with Crippen molar-refractivity contribution in [2.24, 2.45) is 0 Å². The third-order valence-electron chi connectivity index (χ3n) is 5.46. The molecule has 2 heterocycles. The van der Waals surface area contributed by atoms with Gasteiger partial charge in [0.1, 0.15) is 19.0 Å². The molecule has 0 saturated carbocycles. The monoisotopic (exact) mass is 357 g/mol. The van der Waals surface area contributed by atoms with Gasteiger partial charge in [-0.25, -0.2) is 4.39 Å². The van der Waals surface area contributed by atoms with Gasteiger partial charge in [-0.15, -0.1) is 0 Å². The number of nitrogens with zero attached hydrogens (tertiary/aromatic N) is 1. The molecular formula is C21H24FNO3. The maximum Gasteiger partial charge on any atom is 0.161 e. The van der Waals surface area contributed by atoms with Crippen LogP contribution in [0.5, 0.6) is 11.5 Å². The number of hydrogen-bond donors (Lipinski definition) is 1. The Morgan fingerprint density at radius 1 is 1.04 bits per heavy atom. The fourth-order valence-electron chi connectivity index (χ4n) is 3.77. The summed E-state index contributed by atoms with van der Waals surface area (Å²) in [6, 6.07) is 10.3. The fourth-order valence-corrected chi connectivity index (χ4v) is 3.77. The first-order chi connectivity index (χ1) is 12.5. The maximum absolute atomic E-state index is 13.1. The molecule has 2 aromatic carbocycles. The molecule has 0 aromatic heterocycles. The topological polar surface area (TPSA) is 41.9 Å². The summed E-state index contributed by atoms with van der Waals surface area (Å²) in [7, 11) is 0. The van der Waals surface area contributed by atoms with Gasteiger partial charge in [-0.05, 0) is 60.7 Å². The first kappa shape index (κ1) is 17.3. The lowest BCUT2D eigenvalue weighted by Crippen LogP contribution is -2.42. The van der Waals surface area contributed by atoms with E-state index < -0.39 is 5.60 Å². The lowest BCUT2D eigenvalue weighted by Gasteiger charge is -2.38. The molecule has 1 N–H and O–H groups in total. The first-order valence-corrected chi connectivity index (χ1v) is 9.13. The Hall–Kier alpha value is -2.11. The van der Waals surface area contributed by atoms with Crippen molar-refractivity contribution in [2.75, 3.05) is 26.3 Å². The average Bonchev–Trinajstić information content (AvgIpc) is 2.65. The molecule has 0 radical (unpaired) electrons. The Morgan fingerprint density at radius 3 is 2.31 bits per heavy atom. The van der Waals surface area contributed by atoms with E-state index in [1.807, 2.05) is 6.07 Å². The molecule has 26 heavy (non-hydrogen) atoms. The van der Waals surface area contributed by atoms with Crippen LogP contribution in [0.2, 0.25) is 0 Å². The molecule has 2 aromatic rings. The Kier molecular flexibility index (Phi) is 4.59. The molecular weight excluding hydrogens is 333 g/mol. The van der Waals surface area contributed by atoms with Crippen LogP contribution in [0.25, 0.3) is 0 Å². The van der Waals surface area contributed by atoms with E-state index >= 15 is 0 Å². The third-order valence-corrected chi connectivity index (χ3v) is 5.46. The van der Waals surface area contributed by atoms with E-state index in [0.717, 1.165) is 36.7 Å². The average molecular weight is 357 g/mol. The smallest absolute Gasteiger partial charge is 0.161 e. The largest absolute Gasteiger partial charge is 0.486 e. The molecule has 0 atom stereocenters. The number of fused-ring (bicyclic) bond motifs is 1. The molecule has 2 aliphatic rings. The van der Waals surface area contributed by atoms with Gasteiger partial charge >= 0.3 is 0 Å². The molecule has 138 valence electrons. The molecule has 0 aliphatic carbocycles. The SMILES string of the molecule is Cc1cc2c(cc1CN1CCC(O)(c3ccc(F)cc3)CC1)OCCO2. The first-order valence-electron chi connectivity index (χ1n) is 9.13. The van der Waals surface area contributed by atoms with Crippen molar-refractivity contribution in [3.8, 4) is 11.5 Å². The van der Waals surface area contributed by atoms with Crippen LogP contribution in [0.1, 0.15) is 29.5 Å². The van der Waals surface area contributed by atoms with Crippen LogP contribution in [-0.4, -0.2) is 36.3 Å². The van der Waals surface area contributed by atoms with Crippen LogP contribution in [0, 0.1) is 12.7 Å². The molecule has 1 saturated heterocycles. The molecule has 0 bridgehead atoms. The Balaban J connectivity index is 1.43. The summed E-state index contributed by atoms with van der Waals surface area (Å²) in [4.78, 5) is 2.34. The molecule has 4 rings (SSSR count). The quantitative estimate of drug-likeness (QED) is 0.914. The fraction of sp³-hybridized carbons (Fsp3) is 0.429. The number of aryl methyl sites for hydroxylation is 1. The van der Waals surface area contributed by atoms with Crippen molar-refractivity contribution in [2.45, 2.75) is 31.9 Å². The molecule has 0 amide bonds. The van der Waals surface area contributed by atoms with Crippen molar-refractivity contribution < 1.29 is 19.0 Å². The predicted molar refractivity (Wildman–Crippen MR) is 97.0 cm³/mol. The number of benzene rings is 2. The standard InChI is InChI=1S/C21H24FNO3/c1-15-12-19-20(26-11-10-25-19)13-16(15)14-23-8-6-21(24,7-9-23)17-2-4-18(22)5-3-17/h2-5,12-13,24H,6-11,14H2,1H3. The highest BCUT2D eigenvalue weighted by Crippen LogP contribution is 2.36. The number of hydrogen-bond acceptors (Lipinski definition) is 4. The van der Waals surface area contributed by atoms with Gasteiger partial charge in [0.15, 0.2) is 11.5 Å². The summed E-state index contributed by atoms with van der Waals surface area (Å²) >= 11 is 0. The van der Waals surface area contributed by atoms with E-state index in [4.69, 9.17) is 9.47 Å². The number of piperidine rings is 1. The Bertz CT molecular complexity index is 783. The summed E-state index contributed by atoms with van der Waals surface area (Å²) in [5, 5.41) is 10.9. The van der Waals surface area contributed by atoms with E-state index in [-0.39, 0.29) is 5.82 Å². The molecule has 1 fully saturated rings. The summed E-state index contributed by atoms with van der Waals surface area (Å²) in [5.41, 5.74) is 2.34. The van der Waals surface area contributed by atoms with E-state index in [0.29, 0.717) is 26.1 Å². The minimum absolute atomic E-state index is 0.274. The minimum Gasteiger partial charge on any atom is -0.486 e. The van der Waals surface area contributed by atoms with Gasteiger partial charge < -0.3 is 14.6 Å². The van der Waals surface area contributed by atoms with Gasteiger partial charge in [0.05, 0.1) is 5.60 Å². The summed E-state index contributed by atoms with van der Waals surface area (Å²) < 4.78 is 24.5. The van der Waals surface area contributed by atoms with Crippen molar-refractivity contribution >= 4 is 0 Å². The van der Waals surface area contributed by atoms with Crippen LogP contribution in [-0.2, 0) is 12.1 Å². The number of rotatable bonds is 3. The number of halogens is 1. The molecule has 5 heteroatoms. The summed E-state index contributed by atoms with van der Waals surface area (Å²) in [6.07, 6.45) is 1.28. The van der Waals surface area contributed by atoms with Crippen LogP contribution in [0.4, 0.5) is 4.39 Å². The Labute approximate surface area is 153 Å². The highest BCUT2D eigenvalue weighted by atomic mass is 19.1. The third kappa shape index (κ3) is 3.41. The molecule has 2 aliphatic heterocycles. The normalized spacial score (nSPS) is 19.3. The van der Waals surface area contributed by atoms with Gasteiger partial charge in [0, 0.05) is 19.6 Å². The maximum atomic E-state index is 13.1. The lowest BCUT2D eigenvalue weighted by molar-refractivity contribution is -0.0278. The van der Waals surface area contributed by atoms with E-state index in [1.165, 1.54) is 23.3 Å². The van der Waals surface area contributed by atoms with E-state index in [9.17, 15) is 9.50 Å². The summed E-state index contributed by atoms with van der Waals surface area (Å²) in [6.45, 7) is 5.68. The van der Waals surface area contributed by atoms with Gasteiger partial charge in [0.2, 0.25) is 0 Å². The highest BCUT2D eigenvalue weighted by Gasteiger charge is 2.34. The van der Waals surface area contributed by atoms with Gasteiger partial charge in [-0.3, -0.25) is 4.90 Å². The van der Waals surface area contributed by atoms with Crippen molar-refractivity contribution in [3.63, 3.8) is 0 Å². The van der Waals surface area contributed by atoms with Gasteiger partial charge in [0.25, 0.3) is 0 Å². The second-order valence-electron chi connectivity index (χ2n) is 7.24. The van der Waals surface area contributed by atoms with Crippen molar-refractivity contribution in [3.05, 3.63) is 58.9 Å². The van der Waals surface area contributed by atoms with Crippen LogP contribution in [0.3, 0.4) is 0 Å². The van der Waals surface area contributed by atoms with E-state index in [2.05, 4.69) is 17.9 Å². The van der Waals surface area contributed by atoms with Crippen molar-refractivity contribution in [1.29, 1.82) is 0 Å². The van der Waals surface area contributed by atoms with Crippen LogP contribution < -0.4 is 9.47 Å². The zero-order valence-corrected chi connectivity index (χ0v) is 15.0. The Morgan fingerprint density at radius 2 is 1.65 bits per heavy atom. The predicted octanol–water partition coefficient (Wildman–Crippen LogP) is 3.39. The van der Waals surface area contributed by atoms with Gasteiger partial charge in [-0.2, -0.15) is 0 Å². The van der Waals surface area contributed by atoms with Crippen LogP contribution >= 0.6 is 0 Å². The molecule has 4 nitrogen and oxygen atoms in total. The van der Waals surface area contributed by atoms with Gasteiger partial charge in [-0.1, -0.05) is 12.1 Å². The van der Waals surface area contributed by atoms with Crippen molar-refractivity contribution in [1.82, 2.24) is 4.90 Å². The number of likely N-dealkylation sites (tertiary alicyclic amines) is 1. The lowest BCUT2D eigenvalue weighted by atomic mass is 9.84. The zero-order chi connectivity index (χ0) is 18.1. The number of ether oxygens (including phenoxy) is 2. The minimum atomic E-state index is -0.869. The highest BCUT2D eigenvalue weighted by molar-refractivity contribution is 5.47. The second-order valence-corrected chi connectivity index (χ2v) is 7.24. The van der Waals surface area contributed by atoms with Crippen LogP contribution in [0.15, 0.2) is 36.4 Å². The summed E-state index contributed by atoms with van der Waals surface area (Å²) in [5.74, 6) is 1.36. The molecule has 0 spiro atoms. The number of aliphatic hydroxyl groups is 1. The molecule has 0 unspecified atom stereocenters. The second kappa shape index (κ2) is 6.89. The zero-order valence-electron chi connectivity index (χ0n) is 15.0.